The van der Waals surface area contributed by atoms with E-state index in [0.29, 0.717) is 11.5 Å². The zero-order valence-electron chi connectivity index (χ0n) is 9.02. The highest BCUT2D eigenvalue weighted by atomic mass is 32.2. The van der Waals surface area contributed by atoms with Gasteiger partial charge in [-0.05, 0) is 6.92 Å². The van der Waals surface area contributed by atoms with Gasteiger partial charge in [-0.25, -0.2) is 4.63 Å². The number of hydrogen-bond donors (Lipinski definition) is 0. The van der Waals surface area contributed by atoms with Crippen molar-refractivity contribution in [3.8, 4) is 0 Å². The molecule has 1 aromatic rings. The number of methoxy groups -OCH3 is 1. The first kappa shape index (κ1) is 12.0. The molecule has 84 valence electrons. The van der Waals surface area contributed by atoms with Gasteiger partial charge >= 0.3 is 5.97 Å². The van der Waals surface area contributed by atoms with Crippen molar-refractivity contribution >= 4 is 17.7 Å². The minimum Gasteiger partial charge on any atom is -0.469 e. The Morgan fingerprint density at radius 1 is 1.60 bits per heavy atom. The molecule has 0 amide bonds. The van der Waals surface area contributed by atoms with E-state index in [2.05, 4.69) is 19.7 Å². The van der Waals surface area contributed by atoms with Crippen molar-refractivity contribution in [3.63, 3.8) is 0 Å². The normalized spacial score (nSPS) is 12.5. The summed E-state index contributed by atoms with van der Waals surface area (Å²) >= 11 is 1.61. The highest BCUT2D eigenvalue weighted by Crippen LogP contribution is 2.16. The lowest BCUT2D eigenvalue weighted by molar-refractivity contribution is -0.143. The number of rotatable bonds is 5. The molecule has 0 N–H and O–H groups in total. The van der Waals surface area contributed by atoms with Gasteiger partial charge in [-0.2, -0.15) is 11.8 Å². The Labute approximate surface area is 92.5 Å². The number of carbonyl (C=O) groups excluding carboxylic acids is 1. The Morgan fingerprint density at radius 2 is 2.33 bits per heavy atom. The van der Waals surface area contributed by atoms with E-state index in [9.17, 15) is 4.79 Å². The van der Waals surface area contributed by atoms with E-state index in [1.54, 1.807) is 11.8 Å². The first-order valence-corrected chi connectivity index (χ1v) is 5.74. The number of carbonyl (C=O) groups is 1. The topological polar surface area (TPSA) is 65.2 Å². The van der Waals surface area contributed by atoms with Gasteiger partial charge < -0.3 is 4.74 Å². The van der Waals surface area contributed by atoms with Crippen molar-refractivity contribution in [1.82, 2.24) is 10.3 Å². The third kappa shape index (κ3) is 3.54. The minimum absolute atomic E-state index is 0.0971. The van der Waals surface area contributed by atoms with Gasteiger partial charge in [0.05, 0.1) is 13.0 Å². The number of ether oxygens (including phenoxy) is 1. The predicted molar refractivity (Wildman–Crippen MR) is 56.4 cm³/mol. The quantitative estimate of drug-likeness (QED) is 0.713. The average molecular weight is 230 g/mol. The minimum atomic E-state index is -0.183. The number of thioether (sulfide) groups is 1. The lowest BCUT2D eigenvalue weighted by Crippen LogP contribution is -2.14. The smallest absolute Gasteiger partial charge is 0.309 e. The zero-order valence-corrected chi connectivity index (χ0v) is 9.84. The second-order valence-corrected chi connectivity index (χ2v) is 4.27. The molecule has 1 atom stereocenters. The molecule has 0 aromatic carbocycles. The van der Waals surface area contributed by atoms with Crippen LogP contribution in [0.5, 0.6) is 0 Å². The molecule has 15 heavy (non-hydrogen) atoms. The first-order chi connectivity index (χ1) is 7.15. The van der Waals surface area contributed by atoms with Crippen molar-refractivity contribution < 1.29 is 14.2 Å². The lowest BCUT2D eigenvalue weighted by atomic mass is 10.2. The summed E-state index contributed by atoms with van der Waals surface area (Å²) in [5.41, 5.74) is 1.63. The molecule has 0 saturated heterocycles. The molecular formula is C9H14N2O3S. The Hall–Kier alpha value is -1.04. The monoisotopic (exact) mass is 230 g/mol. The molecule has 0 radical (unpaired) electrons. The molecule has 1 aromatic heterocycles. The van der Waals surface area contributed by atoms with Crippen LogP contribution in [0.3, 0.4) is 0 Å². The largest absolute Gasteiger partial charge is 0.469 e. The second-order valence-electron chi connectivity index (χ2n) is 3.24. The van der Waals surface area contributed by atoms with Crippen LogP contribution in [0.1, 0.15) is 18.3 Å². The molecule has 0 aliphatic carbocycles. The number of nitrogens with zero attached hydrogens (tertiary/aromatic N) is 2. The third-order valence-electron chi connectivity index (χ3n) is 1.96. The molecule has 0 aliphatic heterocycles. The summed E-state index contributed by atoms with van der Waals surface area (Å²) in [6, 6.07) is 0. The van der Waals surface area contributed by atoms with E-state index in [-0.39, 0.29) is 11.9 Å². The van der Waals surface area contributed by atoms with Crippen LogP contribution in [0.25, 0.3) is 0 Å². The number of hydrogen-bond acceptors (Lipinski definition) is 6. The van der Waals surface area contributed by atoms with Crippen LogP contribution in [0.4, 0.5) is 0 Å². The first-order valence-electron chi connectivity index (χ1n) is 4.58. The fourth-order valence-electron chi connectivity index (χ4n) is 0.982. The van der Waals surface area contributed by atoms with E-state index in [4.69, 9.17) is 0 Å². The number of esters is 1. The molecule has 0 saturated carbocycles. The maximum Gasteiger partial charge on any atom is 0.309 e. The highest BCUT2D eigenvalue weighted by molar-refractivity contribution is 7.98. The van der Waals surface area contributed by atoms with Crippen LogP contribution in [0.15, 0.2) is 4.63 Å². The van der Waals surface area contributed by atoms with Crippen molar-refractivity contribution in [2.75, 3.05) is 12.9 Å². The SMILES string of the molecule is COC(=O)C(C)CSCc1nonc1C. The molecule has 1 rings (SSSR count). The van der Waals surface area contributed by atoms with Crippen molar-refractivity contribution in [1.29, 1.82) is 0 Å². The fourth-order valence-corrected chi connectivity index (χ4v) is 2.04. The summed E-state index contributed by atoms with van der Waals surface area (Å²) in [7, 11) is 1.40. The molecule has 5 nitrogen and oxygen atoms in total. The van der Waals surface area contributed by atoms with E-state index >= 15 is 0 Å². The van der Waals surface area contributed by atoms with Crippen LogP contribution in [-0.4, -0.2) is 29.1 Å². The molecule has 0 bridgehead atoms. The van der Waals surface area contributed by atoms with Gasteiger partial charge in [0, 0.05) is 11.5 Å². The second kappa shape index (κ2) is 5.75. The Kier molecular flexibility index (Phi) is 4.61. The molecule has 0 aliphatic rings. The Bertz CT molecular complexity index is 327. The maximum atomic E-state index is 11.1. The summed E-state index contributed by atoms with van der Waals surface area (Å²) in [5, 5.41) is 7.43. The van der Waals surface area contributed by atoms with Crippen LogP contribution in [0, 0.1) is 12.8 Å². The van der Waals surface area contributed by atoms with E-state index in [1.807, 2.05) is 13.8 Å². The van der Waals surface area contributed by atoms with E-state index in [0.717, 1.165) is 11.4 Å². The summed E-state index contributed by atoms with van der Waals surface area (Å²) in [4.78, 5) is 11.1. The fraction of sp³-hybridized carbons (Fsp3) is 0.667. The van der Waals surface area contributed by atoms with E-state index < -0.39 is 0 Å². The molecule has 6 heteroatoms. The average Bonchev–Trinajstić information content (AvgIpc) is 2.63. The number of aromatic nitrogens is 2. The van der Waals surface area contributed by atoms with Gasteiger partial charge in [0.25, 0.3) is 0 Å². The highest BCUT2D eigenvalue weighted by Gasteiger charge is 2.13. The van der Waals surface area contributed by atoms with Crippen LogP contribution in [0.2, 0.25) is 0 Å². The van der Waals surface area contributed by atoms with Gasteiger partial charge in [0.1, 0.15) is 11.4 Å². The van der Waals surface area contributed by atoms with Gasteiger partial charge in [0.15, 0.2) is 0 Å². The lowest BCUT2D eigenvalue weighted by Gasteiger charge is -2.07. The van der Waals surface area contributed by atoms with Gasteiger partial charge in [-0.15, -0.1) is 0 Å². The molecule has 1 heterocycles. The van der Waals surface area contributed by atoms with Crippen molar-refractivity contribution in [2.24, 2.45) is 5.92 Å². The summed E-state index contributed by atoms with van der Waals surface area (Å²) in [6.07, 6.45) is 0. The number of aryl methyl sites for hydroxylation is 1. The molecule has 0 spiro atoms. The summed E-state index contributed by atoms with van der Waals surface area (Å²) < 4.78 is 9.19. The zero-order chi connectivity index (χ0) is 11.3. The summed E-state index contributed by atoms with van der Waals surface area (Å²) in [5.74, 6) is 1.13. The van der Waals surface area contributed by atoms with Crippen LogP contribution in [-0.2, 0) is 15.3 Å². The van der Waals surface area contributed by atoms with Gasteiger partial charge in [-0.3, -0.25) is 4.79 Å². The summed E-state index contributed by atoms with van der Waals surface area (Å²) in [6.45, 7) is 3.68. The Morgan fingerprint density at radius 3 is 2.87 bits per heavy atom. The van der Waals surface area contributed by atoms with Crippen LogP contribution < -0.4 is 0 Å². The van der Waals surface area contributed by atoms with Crippen LogP contribution >= 0.6 is 11.8 Å². The van der Waals surface area contributed by atoms with Gasteiger partial charge in [-0.1, -0.05) is 17.2 Å². The van der Waals surface area contributed by atoms with E-state index in [1.165, 1.54) is 7.11 Å². The molecule has 0 fully saturated rings. The third-order valence-corrected chi connectivity index (χ3v) is 3.17. The predicted octanol–water partition coefficient (Wildman–Crippen LogP) is 1.42. The Balaban J connectivity index is 2.28. The molecular weight excluding hydrogens is 216 g/mol. The van der Waals surface area contributed by atoms with Gasteiger partial charge in [0.2, 0.25) is 0 Å². The maximum absolute atomic E-state index is 11.1. The standard InChI is InChI=1S/C9H14N2O3S/c1-6(9(12)13-3)4-15-5-8-7(2)10-14-11-8/h6H,4-5H2,1-3H3. The molecule has 1 unspecified atom stereocenters. The van der Waals surface area contributed by atoms with Crippen molar-refractivity contribution in [2.45, 2.75) is 19.6 Å². The van der Waals surface area contributed by atoms with Crippen molar-refractivity contribution in [3.05, 3.63) is 11.4 Å².